The average molecular weight is 1430 g/mol. The Morgan fingerprint density at radius 1 is 0.520 bits per heavy atom. The Morgan fingerprint density at radius 3 is 1.29 bits per heavy atom. The van der Waals surface area contributed by atoms with Crippen molar-refractivity contribution in [3.8, 4) is 17.2 Å². The van der Waals surface area contributed by atoms with Crippen LogP contribution in [-0.2, 0) is 91.2 Å². The van der Waals surface area contributed by atoms with Crippen molar-refractivity contribution in [3.05, 3.63) is 89.5 Å². The molecule has 1 saturated heterocycles. The first-order valence-electron chi connectivity index (χ1n) is 29.8. The molecule has 0 spiro atoms. The minimum absolute atomic E-state index is 0.199. The number of primary amides is 1. The van der Waals surface area contributed by atoms with Gasteiger partial charge in [-0.25, -0.2) is 0 Å². The first-order valence-corrected chi connectivity index (χ1v) is 32.9. The maximum atomic E-state index is 14.5. The van der Waals surface area contributed by atoms with Gasteiger partial charge in [-0.1, -0.05) is 71.8 Å². The zero-order chi connectivity index (χ0) is 72.9. The van der Waals surface area contributed by atoms with Crippen LogP contribution in [0.1, 0.15) is 43.4 Å². The maximum absolute atomic E-state index is 14.5. The first-order chi connectivity index (χ1) is 46.3. The van der Waals surface area contributed by atoms with Crippen LogP contribution in [0.3, 0.4) is 0 Å². The van der Waals surface area contributed by atoms with Crippen LogP contribution in [0.5, 0.6) is 17.2 Å². The van der Waals surface area contributed by atoms with E-state index in [1.54, 1.807) is 0 Å². The average Bonchev–Trinajstić information content (AvgIpc) is 0.866. The summed E-state index contributed by atoms with van der Waals surface area (Å²) in [6, 6.07) is -3.84. The molecule has 0 radical (unpaired) electrons. The molecule has 0 saturated carbocycles. The number of hydrogen-bond donors (Lipinski definition) is 22. The van der Waals surface area contributed by atoms with Gasteiger partial charge in [-0.15, -0.1) is 0 Å². The van der Waals surface area contributed by atoms with Crippen molar-refractivity contribution in [1.29, 1.82) is 0 Å². The summed E-state index contributed by atoms with van der Waals surface area (Å²) in [5.74, 6) is -21.1. The number of carbonyl (C=O) groups excluding carboxylic acids is 13. The Hall–Kier alpha value is -9.96. The van der Waals surface area contributed by atoms with E-state index in [1.807, 2.05) is 0 Å². The van der Waals surface area contributed by atoms with Gasteiger partial charge in [-0.3, -0.25) is 71.9 Å². The molecule has 1 heterocycles. The number of benzene rings is 3. The van der Waals surface area contributed by atoms with Gasteiger partial charge in [-0.2, -0.15) is 12.6 Å². The zero-order valence-electron chi connectivity index (χ0n) is 52.5. The number of phenols is 3. The Bertz CT molecular complexity index is 3360. The molecule has 0 bridgehead atoms. The predicted molar refractivity (Wildman–Crippen MR) is 350 cm³/mol. The van der Waals surface area contributed by atoms with Crippen LogP contribution in [0.15, 0.2) is 72.8 Å². The molecule has 98 heavy (non-hydrogen) atoms. The number of carboxylic acids is 2. The lowest BCUT2D eigenvalue weighted by molar-refractivity contribution is -0.141. The van der Waals surface area contributed by atoms with E-state index in [0.717, 1.165) is 21.6 Å². The molecule has 39 heteroatoms. The van der Waals surface area contributed by atoms with Crippen molar-refractivity contribution in [2.24, 2.45) is 17.4 Å². The number of hydrogen-bond acceptors (Lipinski definition) is 24. The van der Waals surface area contributed by atoms with Gasteiger partial charge in [0.1, 0.15) is 77.7 Å². The van der Waals surface area contributed by atoms with Crippen molar-refractivity contribution in [3.63, 3.8) is 0 Å². The fourth-order valence-electron chi connectivity index (χ4n) is 8.85. The predicted octanol–water partition coefficient (Wildman–Crippen LogP) is -7.36. The van der Waals surface area contributed by atoms with Crippen LogP contribution in [-0.4, -0.2) is 234 Å². The van der Waals surface area contributed by atoms with E-state index >= 15 is 0 Å². The standard InChI is InChI=1S/C59H78N14O22S3/c1-27(2)48-59(95)69-37(17-30-7-13-33(78)14-8-30)54(90)68-39(19-47(83)84)56(92)72-43(52(88)63-20-44(79)64-42(24-96)49(61)85)26-98-97-25-34(60)50(86)70-40(22-74)57(93)66-35(15-28-3-9-31(76)10-4-28)53(89)65-36(16-29-5-11-32(77)12-6-29)55(91)71-41(23-75)58(94)67-38(18-46(81)82)51(87)62-21-45(80)73-48/h3-14,27,34-43,48,74-78,96H,15-26,60H2,1-2H3,(H2,61,85)(H,62,87)(H,63,88)(H,64,79)(H,65,89)(H,66,93)(H,67,94)(H,68,90)(H,69,95)(H,70,86)(H,71,91)(H,72,92)(H,73,80)(H,81,82)(H,83,84)/t34-,35-,36-,37-,38-,39-,40-,41-,42-,43-,48-/m0/s1. The zero-order valence-corrected chi connectivity index (χ0v) is 55.0. The van der Waals surface area contributed by atoms with E-state index < -0.39 is 225 Å². The van der Waals surface area contributed by atoms with Gasteiger partial charge in [0.25, 0.3) is 0 Å². The van der Waals surface area contributed by atoms with E-state index in [9.17, 15) is 108 Å². The number of thiol groups is 1. The molecule has 11 atom stereocenters. The van der Waals surface area contributed by atoms with Gasteiger partial charge in [0, 0.05) is 36.5 Å². The number of aliphatic hydroxyl groups is 2. The summed E-state index contributed by atoms with van der Waals surface area (Å²) in [4.78, 5) is 203. The highest BCUT2D eigenvalue weighted by atomic mass is 33.1. The third-order valence-electron chi connectivity index (χ3n) is 14.2. The van der Waals surface area contributed by atoms with E-state index in [1.165, 1.54) is 86.6 Å². The fourth-order valence-corrected chi connectivity index (χ4v) is 11.4. The lowest BCUT2D eigenvalue weighted by Crippen LogP contribution is -2.61. The van der Waals surface area contributed by atoms with Crippen molar-refractivity contribution >= 4 is 123 Å². The summed E-state index contributed by atoms with van der Waals surface area (Å²) >= 11 is 3.96. The van der Waals surface area contributed by atoms with Crippen LogP contribution < -0.4 is 75.3 Å². The van der Waals surface area contributed by atoms with Gasteiger partial charge in [0.05, 0.1) is 45.2 Å². The minimum atomic E-state index is -2.07. The lowest BCUT2D eigenvalue weighted by atomic mass is 10.0. The number of carbonyl (C=O) groups is 15. The molecular formula is C59H78N14O22S3. The smallest absolute Gasteiger partial charge is 0.305 e. The molecular weight excluding hydrogens is 1350 g/mol. The number of phenolic OH excluding ortho intramolecular Hbond substituents is 3. The fraction of sp³-hybridized carbons (Fsp3) is 0.441. The largest absolute Gasteiger partial charge is 0.508 e. The Kier molecular flexibility index (Phi) is 32.8. The Balaban J connectivity index is 1.80. The number of nitrogens with two attached hydrogens (primary N) is 2. The quantitative estimate of drug-likeness (QED) is 0.0392. The molecule has 3 aromatic rings. The first kappa shape index (κ1) is 80.5. The molecule has 0 unspecified atom stereocenters. The third kappa shape index (κ3) is 27.3. The number of carboxylic acid groups (broad SMARTS) is 2. The summed E-state index contributed by atoms with van der Waals surface area (Å²) in [7, 11) is 1.56. The Morgan fingerprint density at radius 2 is 0.888 bits per heavy atom. The number of rotatable bonds is 19. The van der Waals surface area contributed by atoms with Crippen LogP contribution in [0.4, 0.5) is 0 Å². The summed E-state index contributed by atoms with van der Waals surface area (Å²) in [5.41, 5.74) is 12.3. The highest BCUT2D eigenvalue weighted by Crippen LogP contribution is 2.23. The topological polar surface area (TPSA) is 594 Å². The second kappa shape index (κ2) is 39.9. The Labute approximate surface area is 572 Å². The summed E-state index contributed by atoms with van der Waals surface area (Å²) in [5, 5.41) is 98.0. The molecule has 4 rings (SSSR count). The third-order valence-corrected chi connectivity index (χ3v) is 17.0. The van der Waals surface area contributed by atoms with Crippen molar-refractivity contribution < 1.29 is 108 Å². The van der Waals surface area contributed by atoms with Gasteiger partial charge in [0.2, 0.25) is 76.8 Å². The second-order valence-corrected chi connectivity index (χ2v) is 25.2. The van der Waals surface area contributed by atoms with Crippen LogP contribution in [0.2, 0.25) is 0 Å². The molecule has 13 amide bonds. The summed E-state index contributed by atoms with van der Waals surface area (Å²) in [6.07, 6.45) is -3.64. The van der Waals surface area contributed by atoms with Crippen LogP contribution >= 0.6 is 34.2 Å². The maximum Gasteiger partial charge on any atom is 0.305 e. The molecule has 36 nitrogen and oxygen atoms in total. The molecule has 0 aromatic heterocycles. The van der Waals surface area contributed by atoms with Crippen molar-refractivity contribution in [2.45, 2.75) is 112 Å². The number of amides is 13. The summed E-state index contributed by atoms with van der Waals surface area (Å²) < 4.78 is 0. The highest BCUT2D eigenvalue weighted by Gasteiger charge is 2.37. The van der Waals surface area contributed by atoms with Gasteiger partial charge in [0.15, 0.2) is 0 Å². The van der Waals surface area contributed by atoms with E-state index in [-0.39, 0.29) is 45.4 Å². The molecule has 1 aliphatic heterocycles. The van der Waals surface area contributed by atoms with Gasteiger partial charge >= 0.3 is 11.9 Å². The van der Waals surface area contributed by atoms with Crippen LogP contribution in [0, 0.1) is 5.92 Å². The highest BCUT2D eigenvalue weighted by molar-refractivity contribution is 8.76. The SMILES string of the molecule is CC(C)[C@@H]1NC(=O)CNC(=O)[C@H](CC(=O)O)NC(=O)[C@H](CO)NC(=O)[C@H](Cc2ccc(O)cc2)NC(=O)[C@H](Cc2ccc(O)cc2)NC(=O)[C@H](CO)NC(=O)[C@@H](N)CSSC[C@@H](C(=O)NCC(=O)N[C@@H](CS)C(N)=O)NC(=O)[C@H](CC(=O)O)NC(=O)[C@H](Cc2ccc(O)cc2)NC1=O. The van der Waals surface area contributed by atoms with Crippen molar-refractivity contribution in [2.75, 3.05) is 43.6 Å². The van der Waals surface area contributed by atoms with Crippen LogP contribution in [0.25, 0.3) is 0 Å². The molecule has 3 aromatic carbocycles. The molecule has 1 aliphatic rings. The summed E-state index contributed by atoms with van der Waals surface area (Å²) in [6.45, 7) is -1.31. The van der Waals surface area contributed by atoms with E-state index in [2.05, 4.69) is 76.4 Å². The number of nitrogens with one attached hydrogen (secondary N) is 12. The second-order valence-electron chi connectivity index (χ2n) is 22.3. The van der Waals surface area contributed by atoms with E-state index in [4.69, 9.17) is 11.5 Å². The van der Waals surface area contributed by atoms with Gasteiger partial charge < -0.3 is 111 Å². The van der Waals surface area contributed by atoms with E-state index in [0.29, 0.717) is 0 Å². The monoisotopic (exact) mass is 1430 g/mol. The molecule has 1 fully saturated rings. The molecule has 0 aliphatic carbocycles. The number of aliphatic carboxylic acids is 2. The number of aromatic hydroxyl groups is 3. The minimum Gasteiger partial charge on any atom is -0.508 e. The molecule has 534 valence electrons. The van der Waals surface area contributed by atoms with Gasteiger partial charge in [-0.05, 0) is 59.0 Å². The normalized spacial score (nSPS) is 23.3. The molecule has 23 N–H and O–H groups in total. The number of aliphatic hydroxyl groups excluding tert-OH is 2. The van der Waals surface area contributed by atoms with Crippen molar-refractivity contribution in [1.82, 2.24) is 63.8 Å². The lowest BCUT2D eigenvalue weighted by Gasteiger charge is -2.27.